The molecule has 0 spiro atoms. The van der Waals surface area contributed by atoms with E-state index in [4.69, 9.17) is 0 Å². The quantitative estimate of drug-likeness (QED) is 0.859. The van der Waals surface area contributed by atoms with Crippen LogP contribution in [0, 0.1) is 17.7 Å². The normalized spacial score (nSPS) is 26.2. The number of rotatable bonds is 3. The van der Waals surface area contributed by atoms with Crippen molar-refractivity contribution in [1.29, 1.82) is 0 Å². The van der Waals surface area contributed by atoms with Gasteiger partial charge < -0.3 is 4.90 Å². The molecule has 2 aliphatic heterocycles. The van der Waals surface area contributed by atoms with Crippen molar-refractivity contribution < 1.29 is 9.18 Å². The number of aromatic nitrogens is 2. The Hall–Kier alpha value is -2.21. The SMILES string of the molecule is CC(=O)N1C[C@H]2CN(Cc3ccnn3C)C[C@H]2[C@H]1c1cccc(F)c1. The monoisotopic (exact) mass is 342 g/mol. The summed E-state index contributed by atoms with van der Waals surface area (Å²) >= 11 is 0. The van der Waals surface area contributed by atoms with Gasteiger partial charge in [0.05, 0.1) is 11.7 Å². The van der Waals surface area contributed by atoms with E-state index in [1.165, 1.54) is 11.8 Å². The minimum atomic E-state index is -0.241. The van der Waals surface area contributed by atoms with Crippen LogP contribution in [0.2, 0.25) is 0 Å². The Morgan fingerprint density at radius 3 is 2.80 bits per heavy atom. The van der Waals surface area contributed by atoms with Crippen LogP contribution in [0.4, 0.5) is 4.39 Å². The van der Waals surface area contributed by atoms with Crippen LogP contribution < -0.4 is 0 Å². The Morgan fingerprint density at radius 2 is 2.12 bits per heavy atom. The van der Waals surface area contributed by atoms with Crippen molar-refractivity contribution >= 4 is 5.91 Å². The van der Waals surface area contributed by atoms with Gasteiger partial charge in [-0.3, -0.25) is 14.4 Å². The van der Waals surface area contributed by atoms with Crippen LogP contribution >= 0.6 is 0 Å². The maximum Gasteiger partial charge on any atom is 0.219 e. The summed E-state index contributed by atoms with van der Waals surface area (Å²) in [5.41, 5.74) is 2.09. The molecule has 0 aliphatic carbocycles. The number of hydrogen-bond acceptors (Lipinski definition) is 3. The molecule has 25 heavy (non-hydrogen) atoms. The Bertz CT molecular complexity index is 789. The largest absolute Gasteiger partial charge is 0.335 e. The molecule has 3 heterocycles. The first-order valence-corrected chi connectivity index (χ1v) is 8.75. The third kappa shape index (κ3) is 2.95. The number of nitrogens with zero attached hydrogens (tertiary/aromatic N) is 4. The van der Waals surface area contributed by atoms with Crippen LogP contribution in [0.5, 0.6) is 0 Å². The second-order valence-electron chi connectivity index (χ2n) is 7.24. The third-order valence-corrected chi connectivity index (χ3v) is 5.64. The van der Waals surface area contributed by atoms with Crippen molar-refractivity contribution in [1.82, 2.24) is 19.6 Å². The molecule has 0 unspecified atom stereocenters. The van der Waals surface area contributed by atoms with Gasteiger partial charge in [-0.25, -0.2) is 4.39 Å². The Morgan fingerprint density at radius 1 is 1.28 bits per heavy atom. The summed E-state index contributed by atoms with van der Waals surface area (Å²) in [4.78, 5) is 16.5. The highest BCUT2D eigenvalue weighted by Gasteiger charge is 2.48. The minimum absolute atomic E-state index is 0.0327. The first-order chi connectivity index (χ1) is 12.0. The number of likely N-dealkylation sites (tertiary alicyclic amines) is 2. The zero-order chi connectivity index (χ0) is 17.6. The highest BCUT2D eigenvalue weighted by Crippen LogP contribution is 2.45. The minimum Gasteiger partial charge on any atom is -0.335 e. The summed E-state index contributed by atoms with van der Waals surface area (Å²) in [5.74, 6) is 0.611. The molecule has 2 fully saturated rings. The molecular formula is C19H23FN4O. The van der Waals surface area contributed by atoms with E-state index in [0.717, 1.165) is 31.7 Å². The predicted molar refractivity (Wildman–Crippen MR) is 92.0 cm³/mol. The molecule has 1 aromatic heterocycles. The molecule has 4 rings (SSSR count). The van der Waals surface area contributed by atoms with Crippen LogP contribution in [0.25, 0.3) is 0 Å². The number of carbonyl (C=O) groups is 1. The molecule has 0 radical (unpaired) electrons. The van der Waals surface area contributed by atoms with Gasteiger partial charge in [0, 0.05) is 52.3 Å². The highest BCUT2D eigenvalue weighted by atomic mass is 19.1. The van der Waals surface area contributed by atoms with Gasteiger partial charge in [0.2, 0.25) is 5.91 Å². The van der Waals surface area contributed by atoms with Gasteiger partial charge >= 0.3 is 0 Å². The van der Waals surface area contributed by atoms with Crippen LogP contribution in [-0.2, 0) is 18.4 Å². The molecule has 5 nitrogen and oxygen atoms in total. The molecule has 3 atom stereocenters. The topological polar surface area (TPSA) is 41.4 Å². The molecule has 0 N–H and O–H groups in total. The standard InChI is InChI=1S/C19H23FN4O/c1-13(25)24-10-15-9-23(11-17-6-7-21-22(17)2)12-18(15)19(24)14-4-3-5-16(20)8-14/h3-8,15,18-19H,9-12H2,1-2H3/t15-,18-,19-/m1/s1. The molecule has 2 aromatic rings. The van der Waals surface area contributed by atoms with Crippen LogP contribution in [0.1, 0.15) is 24.2 Å². The Kier molecular flexibility index (Phi) is 4.07. The molecule has 2 saturated heterocycles. The van der Waals surface area contributed by atoms with E-state index < -0.39 is 0 Å². The summed E-state index contributed by atoms with van der Waals surface area (Å²) in [6.07, 6.45) is 1.82. The first kappa shape index (κ1) is 16.3. The lowest BCUT2D eigenvalue weighted by Gasteiger charge is -2.29. The van der Waals surface area contributed by atoms with Crippen LogP contribution in [0.15, 0.2) is 36.5 Å². The van der Waals surface area contributed by atoms with Crippen LogP contribution in [-0.4, -0.2) is 45.1 Å². The fourth-order valence-electron chi connectivity index (χ4n) is 4.49. The predicted octanol–water partition coefficient (Wildman–Crippen LogP) is 2.21. The summed E-state index contributed by atoms with van der Waals surface area (Å²) in [5, 5.41) is 4.23. The number of aryl methyl sites for hydroxylation is 1. The second-order valence-corrected chi connectivity index (χ2v) is 7.24. The highest BCUT2D eigenvalue weighted by molar-refractivity contribution is 5.74. The van der Waals surface area contributed by atoms with Gasteiger partial charge in [-0.2, -0.15) is 5.10 Å². The Labute approximate surface area is 147 Å². The first-order valence-electron chi connectivity index (χ1n) is 8.75. The smallest absolute Gasteiger partial charge is 0.219 e. The zero-order valence-electron chi connectivity index (χ0n) is 14.6. The van der Waals surface area contributed by atoms with Crippen molar-refractivity contribution in [3.63, 3.8) is 0 Å². The van der Waals surface area contributed by atoms with E-state index >= 15 is 0 Å². The summed E-state index contributed by atoms with van der Waals surface area (Å²) in [6.45, 7) is 5.11. The van der Waals surface area contributed by atoms with E-state index in [1.807, 2.05) is 35.0 Å². The number of hydrogen-bond donors (Lipinski definition) is 0. The van der Waals surface area contributed by atoms with Gasteiger partial charge in [0.25, 0.3) is 0 Å². The molecule has 0 saturated carbocycles. The molecule has 0 bridgehead atoms. The number of halogens is 1. The molecular weight excluding hydrogens is 319 g/mol. The van der Waals surface area contributed by atoms with E-state index in [9.17, 15) is 9.18 Å². The molecule has 2 aliphatic rings. The van der Waals surface area contributed by atoms with Crippen molar-refractivity contribution in [2.45, 2.75) is 19.5 Å². The van der Waals surface area contributed by atoms with E-state index in [1.54, 1.807) is 19.1 Å². The van der Waals surface area contributed by atoms with Crippen molar-refractivity contribution in [3.05, 3.63) is 53.6 Å². The molecule has 6 heteroatoms. The third-order valence-electron chi connectivity index (χ3n) is 5.64. The average Bonchev–Trinajstić information content (AvgIpc) is 3.22. The maximum absolute atomic E-state index is 13.7. The van der Waals surface area contributed by atoms with Crippen molar-refractivity contribution in [2.24, 2.45) is 18.9 Å². The van der Waals surface area contributed by atoms with Gasteiger partial charge in [-0.1, -0.05) is 12.1 Å². The van der Waals surface area contributed by atoms with Crippen molar-refractivity contribution in [3.8, 4) is 0 Å². The number of carbonyl (C=O) groups excluding carboxylic acids is 1. The lowest BCUT2D eigenvalue weighted by Crippen LogP contribution is -2.34. The van der Waals surface area contributed by atoms with E-state index in [0.29, 0.717) is 11.8 Å². The number of benzene rings is 1. The van der Waals surface area contributed by atoms with Gasteiger partial charge in [-0.05, 0) is 29.7 Å². The lowest BCUT2D eigenvalue weighted by molar-refractivity contribution is -0.130. The Balaban J connectivity index is 1.57. The molecule has 1 aromatic carbocycles. The summed E-state index contributed by atoms with van der Waals surface area (Å²) in [6, 6.07) is 8.72. The zero-order valence-corrected chi connectivity index (χ0v) is 14.6. The fourth-order valence-corrected chi connectivity index (χ4v) is 4.49. The lowest BCUT2D eigenvalue weighted by atomic mass is 9.89. The van der Waals surface area contributed by atoms with E-state index in [-0.39, 0.29) is 17.8 Å². The summed E-state index contributed by atoms with van der Waals surface area (Å²) in [7, 11) is 1.96. The molecule has 1 amide bonds. The van der Waals surface area contributed by atoms with E-state index in [2.05, 4.69) is 10.00 Å². The van der Waals surface area contributed by atoms with Crippen molar-refractivity contribution in [2.75, 3.05) is 19.6 Å². The summed E-state index contributed by atoms with van der Waals surface area (Å²) < 4.78 is 15.6. The average molecular weight is 342 g/mol. The fraction of sp³-hybridized carbons (Fsp3) is 0.474. The van der Waals surface area contributed by atoms with Gasteiger partial charge in [0.15, 0.2) is 0 Å². The second kappa shape index (κ2) is 6.26. The van der Waals surface area contributed by atoms with Gasteiger partial charge in [0.1, 0.15) is 5.82 Å². The van der Waals surface area contributed by atoms with Gasteiger partial charge in [-0.15, -0.1) is 0 Å². The maximum atomic E-state index is 13.7. The van der Waals surface area contributed by atoms with Crippen LogP contribution in [0.3, 0.4) is 0 Å². The molecule has 132 valence electrons. The number of fused-ring (bicyclic) bond motifs is 1. The number of amides is 1.